The summed E-state index contributed by atoms with van der Waals surface area (Å²) >= 11 is 1.72. The van der Waals surface area contributed by atoms with Gasteiger partial charge in [-0.3, -0.25) is 14.8 Å². The van der Waals surface area contributed by atoms with Crippen LogP contribution < -0.4 is 15.5 Å². The van der Waals surface area contributed by atoms with Gasteiger partial charge < -0.3 is 15.5 Å². The number of carbonyl (C=O) groups excluding carboxylic acids is 1. The van der Waals surface area contributed by atoms with Crippen molar-refractivity contribution in [2.75, 3.05) is 23.3 Å². The molecule has 2 aromatic heterocycles. The van der Waals surface area contributed by atoms with Gasteiger partial charge in [-0.05, 0) is 50.5 Å². The lowest BCUT2D eigenvalue weighted by atomic mass is 10.0. The van der Waals surface area contributed by atoms with Crippen LogP contribution in [0.4, 0.5) is 11.4 Å². The van der Waals surface area contributed by atoms with Crippen LogP contribution in [-0.2, 0) is 6.42 Å². The molecule has 1 fully saturated rings. The number of aromatic nitrogens is 3. The van der Waals surface area contributed by atoms with Gasteiger partial charge in [0, 0.05) is 60.0 Å². The van der Waals surface area contributed by atoms with Crippen molar-refractivity contribution >= 4 is 28.6 Å². The fourth-order valence-corrected chi connectivity index (χ4v) is 4.50. The number of thiazole rings is 1. The maximum Gasteiger partial charge on any atom is 0.275 e. The van der Waals surface area contributed by atoms with Gasteiger partial charge in [0.05, 0.1) is 11.7 Å². The molecule has 1 aliphatic heterocycles. The molecule has 1 aromatic carbocycles. The average molecular weight is 423 g/mol. The summed E-state index contributed by atoms with van der Waals surface area (Å²) in [7, 11) is 0. The van der Waals surface area contributed by atoms with E-state index in [0.717, 1.165) is 38.0 Å². The van der Waals surface area contributed by atoms with Gasteiger partial charge in [0.15, 0.2) is 0 Å². The predicted molar refractivity (Wildman–Crippen MR) is 120 cm³/mol. The quantitative estimate of drug-likeness (QED) is 0.607. The number of hydrogen-bond acceptors (Lipinski definition) is 7. The summed E-state index contributed by atoms with van der Waals surface area (Å²) in [6.07, 6.45) is 9.76. The lowest BCUT2D eigenvalue weighted by molar-refractivity contribution is 0.102. The third kappa shape index (κ3) is 5.40. The van der Waals surface area contributed by atoms with E-state index in [2.05, 4.69) is 49.5 Å². The van der Waals surface area contributed by atoms with E-state index in [1.54, 1.807) is 17.5 Å². The Kier molecular flexibility index (Phi) is 6.66. The van der Waals surface area contributed by atoms with Crippen molar-refractivity contribution in [3.8, 4) is 0 Å². The molecule has 1 aliphatic rings. The smallest absolute Gasteiger partial charge is 0.275 e. The summed E-state index contributed by atoms with van der Waals surface area (Å²) in [5, 5.41) is 6.63. The normalized spacial score (nSPS) is 15.7. The van der Waals surface area contributed by atoms with E-state index in [0.29, 0.717) is 17.8 Å². The summed E-state index contributed by atoms with van der Waals surface area (Å²) in [4.78, 5) is 28.0. The van der Waals surface area contributed by atoms with E-state index in [4.69, 9.17) is 0 Å². The number of nitrogens with zero attached hydrogens (tertiary/aromatic N) is 4. The summed E-state index contributed by atoms with van der Waals surface area (Å²) < 4.78 is 0. The average Bonchev–Trinajstić information content (AvgIpc) is 3.28. The van der Waals surface area contributed by atoms with Crippen molar-refractivity contribution in [3.05, 3.63) is 65.1 Å². The first kappa shape index (κ1) is 20.4. The highest BCUT2D eigenvalue weighted by molar-refractivity contribution is 7.09. The van der Waals surface area contributed by atoms with Crippen molar-refractivity contribution in [3.63, 3.8) is 0 Å². The molecule has 30 heavy (non-hydrogen) atoms. The molecule has 3 aromatic rings. The van der Waals surface area contributed by atoms with Gasteiger partial charge in [-0.15, -0.1) is 11.3 Å². The fourth-order valence-electron chi connectivity index (χ4n) is 3.78. The SMILES string of the molecule is C[C@H](Cc1cncs1)NC1CCN(c2ccc(NC(=O)c3cnccn3)cc2)CC1. The molecule has 156 valence electrons. The molecule has 0 aliphatic carbocycles. The number of amides is 1. The van der Waals surface area contributed by atoms with Crippen LogP contribution in [0.15, 0.2) is 54.6 Å². The molecule has 1 atom stereocenters. The number of rotatable bonds is 7. The Labute approximate surface area is 180 Å². The lowest BCUT2D eigenvalue weighted by Gasteiger charge is -2.35. The third-order valence-corrected chi connectivity index (χ3v) is 6.09. The molecule has 2 N–H and O–H groups in total. The van der Waals surface area contributed by atoms with Gasteiger partial charge in [0.25, 0.3) is 5.91 Å². The van der Waals surface area contributed by atoms with Crippen LogP contribution in [0.1, 0.15) is 35.1 Å². The molecular weight excluding hydrogens is 396 g/mol. The Morgan fingerprint density at radius 3 is 2.63 bits per heavy atom. The van der Waals surface area contributed by atoms with Crippen molar-refractivity contribution in [2.24, 2.45) is 0 Å². The maximum absolute atomic E-state index is 12.2. The number of nitrogens with one attached hydrogen (secondary N) is 2. The summed E-state index contributed by atoms with van der Waals surface area (Å²) in [5.41, 5.74) is 4.14. The van der Waals surface area contributed by atoms with Gasteiger partial charge in [-0.2, -0.15) is 0 Å². The first-order chi connectivity index (χ1) is 14.7. The highest BCUT2D eigenvalue weighted by Gasteiger charge is 2.21. The maximum atomic E-state index is 12.2. The van der Waals surface area contributed by atoms with Crippen LogP contribution in [0.5, 0.6) is 0 Å². The van der Waals surface area contributed by atoms with Crippen molar-refractivity contribution < 1.29 is 4.79 Å². The second-order valence-corrected chi connectivity index (χ2v) is 8.56. The van der Waals surface area contributed by atoms with E-state index < -0.39 is 0 Å². The van der Waals surface area contributed by atoms with E-state index in [1.807, 2.05) is 23.8 Å². The van der Waals surface area contributed by atoms with Gasteiger partial charge in [0.2, 0.25) is 0 Å². The number of piperidine rings is 1. The number of carbonyl (C=O) groups is 1. The Morgan fingerprint density at radius 2 is 1.97 bits per heavy atom. The zero-order chi connectivity index (χ0) is 20.8. The first-order valence-electron chi connectivity index (χ1n) is 10.2. The predicted octanol–water partition coefficient (Wildman–Crippen LogP) is 3.38. The van der Waals surface area contributed by atoms with Crippen LogP contribution in [0.3, 0.4) is 0 Å². The second-order valence-electron chi connectivity index (χ2n) is 7.59. The van der Waals surface area contributed by atoms with E-state index in [1.165, 1.54) is 23.0 Å². The summed E-state index contributed by atoms with van der Waals surface area (Å²) in [5.74, 6) is -0.254. The van der Waals surface area contributed by atoms with Gasteiger partial charge in [0.1, 0.15) is 5.69 Å². The molecular formula is C22H26N6OS. The van der Waals surface area contributed by atoms with Crippen molar-refractivity contribution in [1.82, 2.24) is 20.3 Å². The van der Waals surface area contributed by atoms with E-state index in [9.17, 15) is 4.79 Å². The third-order valence-electron chi connectivity index (χ3n) is 5.29. The van der Waals surface area contributed by atoms with Crippen LogP contribution in [-0.4, -0.2) is 46.0 Å². The van der Waals surface area contributed by atoms with Crippen LogP contribution >= 0.6 is 11.3 Å². The summed E-state index contributed by atoms with van der Waals surface area (Å²) in [6.45, 7) is 4.30. The topological polar surface area (TPSA) is 83.0 Å². The first-order valence-corrected chi connectivity index (χ1v) is 11.1. The lowest BCUT2D eigenvalue weighted by Crippen LogP contribution is -2.46. The fraction of sp³-hybridized carbons (Fsp3) is 0.364. The molecule has 7 nitrogen and oxygen atoms in total. The molecule has 0 radical (unpaired) electrons. The molecule has 0 bridgehead atoms. The molecule has 0 spiro atoms. The van der Waals surface area contributed by atoms with Crippen molar-refractivity contribution in [1.29, 1.82) is 0 Å². The van der Waals surface area contributed by atoms with E-state index >= 15 is 0 Å². The standard InChI is InChI=1S/C22H26N6OS/c1-16(12-20-13-24-15-30-20)26-18-6-10-28(11-7-18)19-4-2-17(3-5-19)27-22(29)21-14-23-8-9-25-21/h2-5,8-9,13-16,18,26H,6-7,10-12H2,1H3,(H,27,29)/t16-/m1/s1. The number of anilines is 2. The zero-order valence-corrected chi connectivity index (χ0v) is 17.8. The van der Waals surface area contributed by atoms with Gasteiger partial charge >= 0.3 is 0 Å². The zero-order valence-electron chi connectivity index (χ0n) is 17.0. The number of benzene rings is 1. The Morgan fingerprint density at radius 1 is 1.17 bits per heavy atom. The largest absolute Gasteiger partial charge is 0.371 e. The Bertz CT molecular complexity index is 924. The van der Waals surface area contributed by atoms with Crippen LogP contribution in [0, 0.1) is 0 Å². The Balaban J connectivity index is 1.25. The van der Waals surface area contributed by atoms with Crippen molar-refractivity contribution in [2.45, 2.75) is 38.3 Å². The monoisotopic (exact) mass is 422 g/mol. The van der Waals surface area contributed by atoms with E-state index in [-0.39, 0.29) is 5.91 Å². The molecule has 8 heteroatoms. The van der Waals surface area contributed by atoms with Gasteiger partial charge in [-0.1, -0.05) is 0 Å². The highest BCUT2D eigenvalue weighted by atomic mass is 32.1. The molecule has 1 amide bonds. The van der Waals surface area contributed by atoms with Gasteiger partial charge in [-0.25, -0.2) is 4.98 Å². The minimum Gasteiger partial charge on any atom is -0.371 e. The minimum absolute atomic E-state index is 0.254. The highest BCUT2D eigenvalue weighted by Crippen LogP contribution is 2.23. The second kappa shape index (κ2) is 9.77. The molecule has 0 saturated carbocycles. The Hall–Kier alpha value is -2.84. The van der Waals surface area contributed by atoms with Crippen LogP contribution in [0.2, 0.25) is 0 Å². The van der Waals surface area contributed by atoms with Crippen LogP contribution in [0.25, 0.3) is 0 Å². The number of hydrogen-bond donors (Lipinski definition) is 2. The molecule has 1 saturated heterocycles. The molecule has 0 unspecified atom stereocenters. The minimum atomic E-state index is -0.254. The molecule has 4 rings (SSSR count). The summed E-state index contributed by atoms with van der Waals surface area (Å²) in [6, 6.07) is 9.00. The molecule has 3 heterocycles.